The SMILES string of the molecule is CC(C)c1ccc(S(=O)(=O)N2CCC(C(=O)OCC(=O)NC3(C#N)CCCCC3)CC2)cc1. The molecule has 1 saturated carbocycles. The molecular formula is C24H33N3O5S. The molecule has 0 radical (unpaired) electrons. The van der Waals surface area contributed by atoms with Gasteiger partial charge in [-0.25, -0.2) is 8.42 Å². The second-order valence-electron chi connectivity index (χ2n) is 9.31. The molecule has 180 valence electrons. The number of nitrogens with zero attached hydrogens (tertiary/aromatic N) is 2. The Morgan fingerprint density at radius 1 is 1.15 bits per heavy atom. The predicted molar refractivity (Wildman–Crippen MR) is 123 cm³/mol. The average molecular weight is 476 g/mol. The number of esters is 1. The Labute approximate surface area is 196 Å². The van der Waals surface area contributed by atoms with Crippen molar-refractivity contribution in [3.8, 4) is 6.07 Å². The smallest absolute Gasteiger partial charge is 0.309 e. The highest BCUT2D eigenvalue weighted by Gasteiger charge is 2.35. The average Bonchev–Trinajstić information content (AvgIpc) is 2.83. The number of nitrogens with one attached hydrogen (secondary N) is 1. The van der Waals surface area contributed by atoms with Gasteiger partial charge in [0.25, 0.3) is 5.91 Å². The molecule has 2 fully saturated rings. The molecule has 1 amide bonds. The summed E-state index contributed by atoms with van der Waals surface area (Å²) < 4.78 is 32.5. The molecule has 1 aliphatic heterocycles. The van der Waals surface area contributed by atoms with E-state index in [1.165, 1.54) is 4.31 Å². The Bertz CT molecular complexity index is 984. The monoisotopic (exact) mass is 475 g/mol. The molecular weight excluding hydrogens is 442 g/mol. The van der Waals surface area contributed by atoms with E-state index in [1.54, 1.807) is 12.1 Å². The van der Waals surface area contributed by atoms with Gasteiger partial charge in [-0.05, 0) is 49.3 Å². The quantitative estimate of drug-likeness (QED) is 0.606. The summed E-state index contributed by atoms with van der Waals surface area (Å²) in [6, 6.07) is 9.12. The lowest BCUT2D eigenvalue weighted by atomic mass is 9.83. The van der Waals surface area contributed by atoms with Crippen LogP contribution < -0.4 is 5.32 Å². The van der Waals surface area contributed by atoms with Crippen LogP contribution in [-0.2, 0) is 24.3 Å². The molecule has 8 nitrogen and oxygen atoms in total. The second kappa shape index (κ2) is 10.7. The van der Waals surface area contributed by atoms with Crippen molar-refractivity contribution in [3.63, 3.8) is 0 Å². The van der Waals surface area contributed by atoms with Crippen LogP contribution in [0.15, 0.2) is 29.2 Å². The van der Waals surface area contributed by atoms with Crippen LogP contribution in [0, 0.1) is 17.2 Å². The van der Waals surface area contributed by atoms with Crippen molar-refractivity contribution in [1.82, 2.24) is 9.62 Å². The Hall–Kier alpha value is -2.44. The lowest BCUT2D eigenvalue weighted by Crippen LogP contribution is -2.50. The van der Waals surface area contributed by atoms with Gasteiger partial charge < -0.3 is 10.1 Å². The fourth-order valence-electron chi connectivity index (χ4n) is 4.48. The minimum absolute atomic E-state index is 0.220. The number of amides is 1. The summed E-state index contributed by atoms with van der Waals surface area (Å²) in [6.07, 6.45) is 4.71. The van der Waals surface area contributed by atoms with Crippen LogP contribution in [0.5, 0.6) is 0 Å². The maximum absolute atomic E-state index is 12.9. The fourth-order valence-corrected chi connectivity index (χ4v) is 5.95. The van der Waals surface area contributed by atoms with Crippen molar-refractivity contribution in [2.45, 2.75) is 75.1 Å². The van der Waals surface area contributed by atoms with Gasteiger partial charge in [0.05, 0.1) is 16.9 Å². The van der Waals surface area contributed by atoms with E-state index in [0.29, 0.717) is 31.6 Å². The first-order chi connectivity index (χ1) is 15.7. The summed E-state index contributed by atoms with van der Waals surface area (Å²) in [5, 5.41) is 12.2. The van der Waals surface area contributed by atoms with E-state index in [4.69, 9.17) is 4.74 Å². The van der Waals surface area contributed by atoms with Gasteiger partial charge in [0.15, 0.2) is 6.61 Å². The first-order valence-electron chi connectivity index (χ1n) is 11.7. The Morgan fingerprint density at radius 2 is 1.76 bits per heavy atom. The summed E-state index contributed by atoms with van der Waals surface area (Å²) in [6.45, 7) is 4.11. The van der Waals surface area contributed by atoms with E-state index in [0.717, 1.165) is 24.8 Å². The first kappa shape index (κ1) is 25.2. The minimum atomic E-state index is -3.62. The van der Waals surface area contributed by atoms with E-state index < -0.39 is 40.0 Å². The van der Waals surface area contributed by atoms with Crippen LogP contribution >= 0.6 is 0 Å². The standard InChI is InChI=1S/C24H33N3O5S/c1-18(2)19-6-8-21(9-7-19)33(30,31)27-14-10-20(11-15-27)23(29)32-16-22(28)26-24(17-25)12-4-3-5-13-24/h6-9,18,20H,3-5,10-16H2,1-2H3,(H,26,28). The van der Waals surface area contributed by atoms with Crippen LogP contribution in [0.4, 0.5) is 0 Å². The largest absolute Gasteiger partial charge is 0.455 e. The van der Waals surface area contributed by atoms with Crippen LogP contribution in [0.2, 0.25) is 0 Å². The van der Waals surface area contributed by atoms with Crippen molar-refractivity contribution < 1.29 is 22.7 Å². The number of benzene rings is 1. The van der Waals surface area contributed by atoms with Gasteiger partial charge in [-0.2, -0.15) is 9.57 Å². The van der Waals surface area contributed by atoms with Gasteiger partial charge in [0.2, 0.25) is 10.0 Å². The summed E-state index contributed by atoms with van der Waals surface area (Å²) in [5.41, 5.74) is 0.207. The molecule has 1 saturated heterocycles. The van der Waals surface area contributed by atoms with E-state index >= 15 is 0 Å². The van der Waals surface area contributed by atoms with Gasteiger partial charge in [0, 0.05) is 13.1 Å². The predicted octanol–water partition coefficient (Wildman–Crippen LogP) is 3.10. The molecule has 0 spiro atoms. The van der Waals surface area contributed by atoms with Crippen molar-refractivity contribution in [1.29, 1.82) is 5.26 Å². The van der Waals surface area contributed by atoms with Gasteiger partial charge >= 0.3 is 5.97 Å². The summed E-state index contributed by atoms with van der Waals surface area (Å²) in [7, 11) is -3.62. The third-order valence-corrected chi connectivity index (χ3v) is 8.53. The molecule has 0 aromatic heterocycles. The normalized spacial score (nSPS) is 19.6. The Balaban J connectivity index is 1.48. The van der Waals surface area contributed by atoms with Crippen LogP contribution in [0.1, 0.15) is 70.3 Å². The van der Waals surface area contributed by atoms with Gasteiger partial charge in [-0.3, -0.25) is 9.59 Å². The number of piperidine rings is 1. The lowest BCUT2D eigenvalue weighted by molar-refractivity contribution is -0.154. The van der Waals surface area contributed by atoms with Crippen molar-refractivity contribution in [2.24, 2.45) is 5.92 Å². The molecule has 0 bridgehead atoms. The second-order valence-corrected chi connectivity index (χ2v) is 11.3. The summed E-state index contributed by atoms with van der Waals surface area (Å²) in [5.74, 6) is -1.11. The summed E-state index contributed by atoms with van der Waals surface area (Å²) >= 11 is 0. The number of hydrogen-bond donors (Lipinski definition) is 1. The van der Waals surface area contributed by atoms with Crippen LogP contribution in [0.25, 0.3) is 0 Å². The number of ether oxygens (including phenoxy) is 1. The number of carbonyl (C=O) groups excluding carboxylic acids is 2. The van der Waals surface area contributed by atoms with Gasteiger partial charge in [-0.1, -0.05) is 45.2 Å². The molecule has 1 aliphatic carbocycles. The van der Waals surface area contributed by atoms with Gasteiger partial charge in [-0.15, -0.1) is 0 Å². The molecule has 9 heteroatoms. The highest BCUT2D eigenvalue weighted by Crippen LogP contribution is 2.28. The third-order valence-electron chi connectivity index (χ3n) is 6.62. The van der Waals surface area contributed by atoms with Gasteiger partial charge in [0.1, 0.15) is 5.54 Å². The van der Waals surface area contributed by atoms with Crippen molar-refractivity contribution >= 4 is 21.9 Å². The lowest BCUT2D eigenvalue weighted by Gasteiger charge is -2.32. The number of rotatable bonds is 7. The first-order valence-corrected chi connectivity index (χ1v) is 13.1. The zero-order chi connectivity index (χ0) is 24.1. The molecule has 1 heterocycles. The van der Waals surface area contributed by atoms with E-state index in [1.807, 2.05) is 12.1 Å². The fraction of sp³-hybridized carbons (Fsp3) is 0.625. The molecule has 1 N–H and O–H groups in total. The molecule has 1 aromatic rings. The molecule has 0 atom stereocenters. The third kappa shape index (κ3) is 6.12. The van der Waals surface area contributed by atoms with E-state index in [-0.39, 0.29) is 18.0 Å². The van der Waals surface area contributed by atoms with E-state index in [9.17, 15) is 23.3 Å². The van der Waals surface area contributed by atoms with Crippen LogP contribution in [-0.4, -0.2) is 49.8 Å². The molecule has 1 aromatic carbocycles. The van der Waals surface area contributed by atoms with E-state index in [2.05, 4.69) is 25.2 Å². The highest BCUT2D eigenvalue weighted by atomic mass is 32.2. The van der Waals surface area contributed by atoms with Crippen molar-refractivity contribution in [3.05, 3.63) is 29.8 Å². The molecule has 3 rings (SSSR count). The maximum atomic E-state index is 12.9. The number of carbonyl (C=O) groups is 2. The highest BCUT2D eigenvalue weighted by molar-refractivity contribution is 7.89. The zero-order valence-corrected chi connectivity index (χ0v) is 20.2. The number of sulfonamides is 1. The molecule has 2 aliphatic rings. The topological polar surface area (TPSA) is 117 Å². The number of nitriles is 1. The Kier molecular flexibility index (Phi) is 8.14. The molecule has 0 unspecified atom stereocenters. The zero-order valence-electron chi connectivity index (χ0n) is 19.4. The maximum Gasteiger partial charge on any atom is 0.309 e. The van der Waals surface area contributed by atoms with Crippen molar-refractivity contribution in [2.75, 3.05) is 19.7 Å². The summed E-state index contributed by atoms with van der Waals surface area (Å²) in [4.78, 5) is 24.9. The number of hydrogen-bond acceptors (Lipinski definition) is 6. The minimum Gasteiger partial charge on any atom is -0.455 e. The van der Waals surface area contributed by atoms with Crippen LogP contribution in [0.3, 0.4) is 0 Å². The molecule has 33 heavy (non-hydrogen) atoms. The Morgan fingerprint density at radius 3 is 2.30 bits per heavy atom.